The fourth-order valence-electron chi connectivity index (χ4n) is 3.63. The maximum atomic E-state index is 13.3. The van der Waals surface area contributed by atoms with E-state index in [1.165, 1.54) is 19.2 Å². The number of ether oxygens (including phenoxy) is 2. The van der Waals surface area contributed by atoms with E-state index >= 15 is 0 Å². The lowest BCUT2D eigenvalue weighted by molar-refractivity contribution is 0.0953. The van der Waals surface area contributed by atoms with Crippen molar-refractivity contribution in [1.82, 2.24) is 14.9 Å². The zero-order valence-corrected chi connectivity index (χ0v) is 18.0. The molecule has 0 radical (unpaired) electrons. The van der Waals surface area contributed by atoms with Crippen molar-refractivity contribution in [3.8, 4) is 11.5 Å². The number of rotatable bonds is 8. The molecule has 1 amide bonds. The Labute approximate surface area is 185 Å². The van der Waals surface area contributed by atoms with E-state index < -0.39 is 0 Å². The fourth-order valence-corrected chi connectivity index (χ4v) is 3.63. The second-order valence-electron chi connectivity index (χ2n) is 7.31. The van der Waals surface area contributed by atoms with Crippen molar-refractivity contribution in [2.24, 2.45) is 0 Å². The summed E-state index contributed by atoms with van der Waals surface area (Å²) in [5.41, 5.74) is 3.35. The molecule has 3 aromatic carbocycles. The minimum atomic E-state index is -0.262. The molecule has 0 aliphatic heterocycles. The van der Waals surface area contributed by atoms with Crippen molar-refractivity contribution in [3.05, 3.63) is 89.5 Å². The summed E-state index contributed by atoms with van der Waals surface area (Å²) in [6, 6.07) is 19.4. The van der Waals surface area contributed by atoms with E-state index in [9.17, 15) is 9.18 Å². The first-order valence-corrected chi connectivity index (χ1v) is 10.3. The molecule has 0 saturated carbocycles. The van der Waals surface area contributed by atoms with Crippen LogP contribution in [0.3, 0.4) is 0 Å². The first kappa shape index (κ1) is 21.4. The molecular weight excluding hydrogens is 409 g/mol. The minimum absolute atomic E-state index is 0.202. The van der Waals surface area contributed by atoms with Gasteiger partial charge in [0.2, 0.25) is 0 Å². The number of amides is 1. The molecule has 7 heteroatoms. The van der Waals surface area contributed by atoms with Gasteiger partial charge in [0.15, 0.2) is 11.5 Å². The van der Waals surface area contributed by atoms with Gasteiger partial charge in [-0.05, 0) is 48.0 Å². The van der Waals surface area contributed by atoms with Crippen molar-refractivity contribution < 1.29 is 18.7 Å². The molecule has 0 saturated heterocycles. The molecule has 0 unspecified atom stereocenters. The van der Waals surface area contributed by atoms with Crippen LogP contribution in [0.25, 0.3) is 11.0 Å². The second kappa shape index (κ2) is 9.51. The molecule has 32 heavy (non-hydrogen) atoms. The Balaban J connectivity index is 1.49. The van der Waals surface area contributed by atoms with Crippen LogP contribution in [0.4, 0.5) is 4.39 Å². The third-order valence-corrected chi connectivity index (χ3v) is 5.27. The number of methoxy groups -OCH3 is 2. The summed E-state index contributed by atoms with van der Waals surface area (Å²) in [4.78, 5) is 17.4. The van der Waals surface area contributed by atoms with Crippen LogP contribution in [0.2, 0.25) is 0 Å². The molecule has 0 bridgehead atoms. The first-order chi connectivity index (χ1) is 15.6. The lowest BCUT2D eigenvalue weighted by atomic mass is 10.2. The molecule has 164 valence electrons. The van der Waals surface area contributed by atoms with Crippen molar-refractivity contribution in [2.75, 3.05) is 20.8 Å². The number of fused-ring (bicyclic) bond motifs is 1. The molecule has 1 heterocycles. The van der Waals surface area contributed by atoms with Gasteiger partial charge in [0.1, 0.15) is 11.6 Å². The molecular formula is C25H24FN3O3. The monoisotopic (exact) mass is 433 g/mol. The maximum absolute atomic E-state index is 13.3. The average Bonchev–Trinajstić information content (AvgIpc) is 3.17. The Morgan fingerprint density at radius 1 is 1.00 bits per heavy atom. The van der Waals surface area contributed by atoms with Crippen LogP contribution in [-0.2, 0) is 13.0 Å². The van der Waals surface area contributed by atoms with E-state index in [0.717, 1.165) is 22.4 Å². The number of benzene rings is 3. The first-order valence-electron chi connectivity index (χ1n) is 10.3. The molecule has 4 aromatic rings. The van der Waals surface area contributed by atoms with Gasteiger partial charge in [-0.1, -0.05) is 24.3 Å². The third-order valence-electron chi connectivity index (χ3n) is 5.27. The standard InChI is InChI=1S/C25H24FN3O3/c1-31-22-12-9-18(15-23(22)32-2)25(30)27-14-13-24-28-20-5-3-4-6-21(20)29(24)16-17-7-10-19(26)11-8-17/h3-12,15H,13-14,16H2,1-2H3,(H,27,30). The fraction of sp³-hybridized carbons (Fsp3) is 0.200. The van der Waals surface area contributed by atoms with Crippen molar-refractivity contribution >= 4 is 16.9 Å². The zero-order valence-electron chi connectivity index (χ0n) is 18.0. The largest absolute Gasteiger partial charge is 0.493 e. The molecule has 0 atom stereocenters. The van der Waals surface area contributed by atoms with Gasteiger partial charge in [-0.25, -0.2) is 9.37 Å². The van der Waals surface area contributed by atoms with E-state index in [-0.39, 0.29) is 11.7 Å². The number of carbonyl (C=O) groups is 1. The van der Waals surface area contributed by atoms with Gasteiger partial charge in [-0.3, -0.25) is 4.79 Å². The molecule has 4 rings (SSSR count). The number of hydrogen-bond donors (Lipinski definition) is 1. The Kier molecular flexibility index (Phi) is 6.35. The highest BCUT2D eigenvalue weighted by Gasteiger charge is 2.13. The molecule has 0 aliphatic carbocycles. The number of aromatic nitrogens is 2. The Bertz CT molecular complexity index is 1240. The van der Waals surface area contributed by atoms with Crippen LogP contribution >= 0.6 is 0 Å². The van der Waals surface area contributed by atoms with E-state index in [0.29, 0.717) is 36.6 Å². The highest BCUT2D eigenvalue weighted by atomic mass is 19.1. The van der Waals surface area contributed by atoms with Gasteiger partial charge in [0.25, 0.3) is 5.91 Å². The Hall–Kier alpha value is -3.87. The zero-order chi connectivity index (χ0) is 22.5. The summed E-state index contributed by atoms with van der Waals surface area (Å²) in [6.07, 6.45) is 0.551. The highest BCUT2D eigenvalue weighted by molar-refractivity contribution is 5.94. The van der Waals surface area contributed by atoms with Crippen LogP contribution in [0.1, 0.15) is 21.7 Å². The van der Waals surface area contributed by atoms with Crippen LogP contribution < -0.4 is 14.8 Å². The number of nitrogens with one attached hydrogen (secondary N) is 1. The number of para-hydroxylation sites is 2. The number of halogens is 1. The van der Waals surface area contributed by atoms with Gasteiger partial charge in [0, 0.05) is 25.1 Å². The number of carbonyl (C=O) groups excluding carboxylic acids is 1. The molecule has 0 spiro atoms. The smallest absolute Gasteiger partial charge is 0.251 e. The average molecular weight is 433 g/mol. The van der Waals surface area contributed by atoms with Gasteiger partial charge < -0.3 is 19.4 Å². The van der Waals surface area contributed by atoms with E-state index in [2.05, 4.69) is 9.88 Å². The summed E-state index contributed by atoms with van der Waals surface area (Å²) in [5, 5.41) is 2.94. The van der Waals surface area contributed by atoms with E-state index in [1.54, 1.807) is 37.4 Å². The highest BCUT2D eigenvalue weighted by Crippen LogP contribution is 2.27. The Morgan fingerprint density at radius 2 is 1.75 bits per heavy atom. The lowest BCUT2D eigenvalue weighted by Crippen LogP contribution is -2.26. The predicted molar refractivity (Wildman–Crippen MR) is 121 cm³/mol. The van der Waals surface area contributed by atoms with Crippen molar-refractivity contribution in [1.29, 1.82) is 0 Å². The molecule has 6 nitrogen and oxygen atoms in total. The van der Waals surface area contributed by atoms with Gasteiger partial charge in [-0.15, -0.1) is 0 Å². The van der Waals surface area contributed by atoms with Gasteiger partial charge >= 0.3 is 0 Å². The van der Waals surface area contributed by atoms with Crippen molar-refractivity contribution in [2.45, 2.75) is 13.0 Å². The van der Waals surface area contributed by atoms with Crippen molar-refractivity contribution in [3.63, 3.8) is 0 Å². The topological polar surface area (TPSA) is 65.4 Å². The maximum Gasteiger partial charge on any atom is 0.251 e. The summed E-state index contributed by atoms with van der Waals surface area (Å²) in [6.45, 7) is 0.986. The van der Waals surface area contributed by atoms with E-state index in [1.807, 2.05) is 24.3 Å². The molecule has 1 N–H and O–H groups in total. The summed E-state index contributed by atoms with van der Waals surface area (Å²) in [5.74, 6) is 1.46. The summed E-state index contributed by atoms with van der Waals surface area (Å²) >= 11 is 0. The lowest BCUT2D eigenvalue weighted by Gasteiger charge is -2.11. The second-order valence-corrected chi connectivity index (χ2v) is 7.31. The SMILES string of the molecule is COc1ccc(C(=O)NCCc2nc3ccccc3n2Cc2ccc(F)cc2)cc1OC. The minimum Gasteiger partial charge on any atom is -0.493 e. The van der Waals surface area contributed by atoms with Gasteiger partial charge in [-0.2, -0.15) is 0 Å². The number of nitrogens with zero attached hydrogens (tertiary/aromatic N) is 2. The third kappa shape index (κ3) is 4.56. The Morgan fingerprint density at radius 3 is 2.50 bits per heavy atom. The summed E-state index contributed by atoms with van der Waals surface area (Å²) < 4.78 is 25.9. The summed E-state index contributed by atoms with van der Waals surface area (Å²) in [7, 11) is 3.08. The van der Waals surface area contributed by atoms with Crippen LogP contribution in [0, 0.1) is 5.82 Å². The normalized spacial score (nSPS) is 10.8. The van der Waals surface area contributed by atoms with Crippen LogP contribution in [0.5, 0.6) is 11.5 Å². The number of imidazole rings is 1. The van der Waals surface area contributed by atoms with Gasteiger partial charge in [0.05, 0.1) is 25.3 Å². The molecule has 1 aromatic heterocycles. The quantitative estimate of drug-likeness (QED) is 0.452. The molecule has 0 aliphatic rings. The van der Waals surface area contributed by atoms with E-state index in [4.69, 9.17) is 14.5 Å². The van der Waals surface area contributed by atoms with Crippen LogP contribution in [-0.4, -0.2) is 36.2 Å². The predicted octanol–water partition coefficient (Wildman–Crippen LogP) is 4.21. The molecule has 0 fully saturated rings. The number of hydrogen-bond acceptors (Lipinski definition) is 4. The van der Waals surface area contributed by atoms with Crippen LogP contribution in [0.15, 0.2) is 66.7 Å².